The molecule has 10 heavy (non-hydrogen) atoms. The van der Waals surface area contributed by atoms with Crippen molar-refractivity contribution in [3.63, 3.8) is 0 Å². The zero-order valence-electron chi connectivity index (χ0n) is 6.26. The van der Waals surface area contributed by atoms with Crippen LogP contribution in [0.25, 0.3) is 0 Å². The number of carbonyl (C=O) groups excluding carboxylic acids is 1. The van der Waals surface area contributed by atoms with E-state index in [1.165, 1.54) is 0 Å². The Morgan fingerprint density at radius 2 is 2.60 bits per heavy atom. The van der Waals surface area contributed by atoms with E-state index in [1.807, 2.05) is 6.08 Å². The second-order valence-corrected chi connectivity index (χ2v) is 2.81. The quantitative estimate of drug-likeness (QED) is 0.570. The van der Waals surface area contributed by atoms with Crippen LogP contribution in [0.15, 0.2) is 12.7 Å². The predicted molar refractivity (Wildman–Crippen MR) is 40.5 cm³/mol. The van der Waals surface area contributed by atoms with Crippen LogP contribution >= 0.6 is 0 Å². The van der Waals surface area contributed by atoms with Gasteiger partial charge in [0.15, 0.2) is 0 Å². The van der Waals surface area contributed by atoms with Crippen LogP contribution in [0.3, 0.4) is 0 Å². The van der Waals surface area contributed by atoms with Gasteiger partial charge in [0.1, 0.15) is 0 Å². The van der Waals surface area contributed by atoms with Crippen LogP contribution in [-0.2, 0) is 4.79 Å². The molecule has 1 aliphatic heterocycles. The van der Waals surface area contributed by atoms with Crippen molar-refractivity contribution in [2.24, 2.45) is 5.92 Å². The lowest BCUT2D eigenvalue weighted by Gasteiger charge is -2.13. The maximum atomic E-state index is 10.7. The zero-order chi connectivity index (χ0) is 7.56. The molecule has 2 heteroatoms. The van der Waals surface area contributed by atoms with Gasteiger partial charge in [-0.3, -0.25) is 4.79 Å². The van der Waals surface area contributed by atoms with Crippen LogP contribution in [0.4, 0.5) is 0 Å². The average molecular weight is 139 g/mol. The maximum absolute atomic E-state index is 10.7. The minimum Gasteiger partial charge on any atom is -0.353 e. The second kappa shape index (κ2) is 2.86. The molecule has 1 heterocycles. The number of rotatable bonds is 2. The van der Waals surface area contributed by atoms with E-state index in [0.29, 0.717) is 18.4 Å². The fraction of sp³-hybridized carbons (Fsp3) is 0.625. The minimum absolute atomic E-state index is 0.179. The molecule has 56 valence electrons. The van der Waals surface area contributed by atoms with Gasteiger partial charge in [-0.25, -0.2) is 0 Å². The van der Waals surface area contributed by atoms with Gasteiger partial charge in [0.2, 0.25) is 5.91 Å². The van der Waals surface area contributed by atoms with E-state index < -0.39 is 0 Å². The molecular formula is C8H13NO. The molecule has 0 aromatic heterocycles. The number of hydrogen-bond donors (Lipinski definition) is 1. The third-order valence-corrected chi connectivity index (χ3v) is 2.04. The van der Waals surface area contributed by atoms with Gasteiger partial charge in [-0.1, -0.05) is 13.0 Å². The first-order valence-electron chi connectivity index (χ1n) is 3.66. The molecule has 0 bridgehead atoms. The number of hydrogen-bond acceptors (Lipinski definition) is 1. The van der Waals surface area contributed by atoms with Gasteiger partial charge in [-0.05, 0) is 12.3 Å². The van der Waals surface area contributed by atoms with E-state index in [4.69, 9.17) is 0 Å². The van der Waals surface area contributed by atoms with E-state index in [1.54, 1.807) is 0 Å². The van der Waals surface area contributed by atoms with Crippen LogP contribution in [0, 0.1) is 5.92 Å². The number of carbonyl (C=O) groups is 1. The molecule has 1 rings (SSSR count). The summed E-state index contributed by atoms with van der Waals surface area (Å²) in [6.45, 7) is 5.75. The number of nitrogens with one attached hydrogen (secondary N) is 1. The van der Waals surface area contributed by atoms with Gasteiger partial charge in [-0.15, -0.1) is 6.58 Å². The van der Waals surface area contributed by atoms with Crippen molar-refractivity contribution in [1.29, 1.82) is 0 Å². The fourth-order valence-corrected chi connectivity index (χ4v) is 1.20. The highest BCUT2D eigenvalue weighted by Gasteiger charge is 2.23. The molecule has 2 nitrogen and oxygen atoms in total. The van der Waals surface area contributed by atoms with Crippen LogP contribution in [0.5, 0.6) is 0 Å². The number of amides is 1. The maximum Gasteiger partial charge on any atom is 0.220 e. The molecule has 0 saturated carbocycles. The van der Waals surface area contributed by atoms with Crippen LogP contribution < -0.4 is 5.32 Å². The Bertz CT molecular complexity index is 153. The van der Waals surface area contributed by atoms with E-state index in [2.05, 4.69) is 18.8 Å². The molecule has 0 aromatic carbocycles. The Kier molecular flexibility index (Phi) is 2.10. The molecule has 0 aromatic rings. The second-order valence-electron chi connectivity index (χ2n) is 2.81. The Labute approximate surface area is 61.3 Å². The summed E-state index contributed by atoms with van der Waals surface area (Å²) in [6, 6.07) is 0.338. The van der Waals surface area contributed by atoms with Gasteiger partial charge in [0.25, 0.3) is 0 Å². The lowest BCUT2D eigenvalue weighted by molar-refractivity contribution is -0.119. The van der Waals surface area contributed by atoms with E-state index in [0.717, 1.165) is 6.42 Å². The Morgan fingerprint density at radius 1 is 1.90 bits per heavy atom. The highest BCUT2D eigenvalue weighted by atomic mass is 16.1. The third kappa shape index (κ3) is 1.38. The Balaban J connectivity index is 2.43. The van der Waals surface area contributed by atoms with Gasteiger partial charge in [-0.2, -0.15) is 0 Å². The van der Waals surface area contributed by atoms with Gasteiger partial charge in [0, 0.05) is 12.5 Å². The monoisotopic (exact) mass is 139 g/mol. The molecule has 2 unspecified atom stereocenters. The summed E-state index contributed by atoms with van der Waals surface area (Å²) in [7, 11) is 0. The highest BCUT2D eigenvalue weighted by Crippen LogP contribution is 2.15. The van der Waals surface area contributed by atoms with Crippen molar-refractivity contribution in [3.05, 3.63) is 12.7 Å². The van der Waals surface area contributed by atoms with Crippen LogP contribution in [0.2, 0.25) is 0 Å². The lowest BCUT2D eigenvalue weighted by Crippen LogP contribution is -2.30. The first-order chi connectivity index (χ1) is 4.74. The fourth-order valence-electron chi connectivity index (χ4n) is 1.20. The third-order valence-electron chi connectivity index (χ3n) is 2.04. The van der Waals surface area contributed by atoms with Gasteiger partial charge < -0.3 is 5.32 Å². The smallest absolute Gasteiger partial charge is 0.220 e. The molecule has 2 atom stereocenters. The predicted octanol–water partition coefficient (Wildman–Crippen LogP) is 1.09. The SMILES string of the molecule is C=CC(C)C1CCC(=O)N1. The van der Waals surface area contributed by atoms with Crippen molar-refractivity contribution < 1.29 is 4.79 Å². The average Bonchev–Trinajstić information content (AvgIpc) is 2.34. The Hall–Kier alpha value is -0.790. The molecule has 1 amide bonds. The van der Waals surface area contributed by atoms with Crippen molar-refractivity contribution in [2.75, 3.05) is 0 Å². The van der Waals surface area contributed by atoms with Gasteiger partial charge >= 0.3 is 0 Å². The minimum atomic E-state index is 0.179. The normalized spacial score (nSPS) is 27.7. The molecule has 1 N–H and O–H groups in total. The van der Waals surface area contributed by atoms with Crippen LogP contribution in [0.1, 0.15) is 19.8 Å². The van der Waals surface area contributed by atoms with E-state index >= 15 is 0 Å². The summed E-state index contributed by atoms with van der Waals surface area (Å²) in [5.41, 5.74) is 0. The molecule has 0 radical (unpaired) electrons. The lowest BCUT2D eigenvalue weighted by atomic mass is 10.0. The summed E-state index contributed by atoms with van der Waals surface area (Å²) in [5, 5.41) is 2.89. The topological polar surface area (TPSA) is 29.1 Å². The Morgan fingerprint density at radius 3 is 3.00 bits per heavy atom. The van der Waals surface area contributed by atoms with E-state index in [9.17, 15) is 4.79 Å². The van der Waals surface area contributed by atoms with Gasteiger partial charge in [0.05, 0.1) is 0 Å². The summed E-state index contributed by atoms with van der Waals surface area (Å²) in [4.78, 5) is 10.7. The van der Waals surface area contributed by atoms with Crippen molar-refractivity contribution in [2.45, 2.75) is 25.8 Å². The standard InChI is InChI=1S/C8H13NO/c1-3-6(2)7-4-5-8(10)9-7/h3,6-7H,1,4-5H2,2H3,(H,9,10). The van der Waals surface area contributed by atoms with Crippen LogP contribution in [-0.4, -0.2) is 11.9 Å². The van der Waals surface area contributed by atoms with Crippen molar-refractivity contribution in [3.8, 4) is 0 Å². The summed E-state index contributed by atoms with van der Waals surface area (Å²) >= 11 is 0. The first-order valence-corrected chi connectivity index (χ1v) is 3.66. The molecule has 1 aliphatic rings. The first kappa shape index (κ1) is 7.32. The highest BCUT2D eigenvalue weighted by molar-refractivity contribution is 5.78. The molecular weight excluding hydrogens is 126 g/mol. The molecule has 1 saturated heterocycles. The van der Waals surface area contributed by atoms with Crippen molar-refractivity contribution >= 4 is 5.91 Å². The summed E-state index contributed by atoms with van der Waals surface area (Å²) < 4.78 is 0. The largest absolute Gasteiger partial charge is 0.353 e. The van der Waals surface area contributed by atoms with E-state index in [-0.39, 0.29) is 5.91 Å². The molecule has 1 fully saturated rings. The summed E-state index contributed by atoms with van der Waals surface area (Å²) in [6.07, 6.45) is 3.53. The summed E-state index contributed by atoms with van der Waals surface area (Å²) in [5.74, 6) is 0.588. The molecule has 0 aliphatic carbocycles. The van der Waals surface area contributed by atoms with Crippen molar-refractivity contribution in [1.82, 2.24) is 5.32 Å². The molecule has 0 spiro atoms. The zero-order valence-corrected chi connectivity index (χ0v) is 6.26.